The van der Waals surface area contributed by atoms with E-state index in [0.717, 1.165) is 27.7 Å². The van der Waals surface area contributed by atoms with Crippen LogP contribution in [0.2, 0.25) is 0 Å². The van der Waals surface area contributed by atoms with Gasteiger partial charge in [0.05, 0.1) is 23.8 Å². The minimum Gasteiger partial charge on any atom is -0.350 e. The SMILES string of the molecule is CN=C(NCc1nc(C)c(C)s1)NC(C)c1cccc(C(F)(F)F)c1.I. The highest BCUT2D eigenvalue weighted by Crippen LogP contribution is 2.30. The van der Waals surface area contributed by atoms with Gasteiger partial charge in [-0.3, -0.25) is 4.99 Å². The van der Waals surface area contributed by atoms with Crippen molar-refractivity contribution in [2.24, 2.45) is 4.99 Å². The lowest BCUT2D eigenvalue weighted by Gasteiger charge is -2.19. The van der Waals surface area contributed by atoms with Crippen LogP contribution in [0.15, 0.2) is 29.3 Å². The molecule has 1 atom stereocenters. The van der Waals surface area contributed by atoms with Crippen LogP contribution in [0.4, 0.5) is 13.2 Å². The summed E-state index contributed by atoms with van der Waals surface area (Å²) in [6.45, 7) is 6.27. The highest BCUT2D eigenvalue weighted by atomic mass is 127. The summed E-state index contributed by atoms with van der Waals surface area (Å²) < 4.78 is 38.5. The molecular formula is C17H22F3IN4S. The molecule has 0 amide bonds. The predicted octanol–water partition coefficient (Wildman–Crippen LogP) is 4.82. The zero-order valence-corrected chi connectivity index (χ0v) is 18.1. The Bertz CT molecular complexity index is 739. The molecule has 0 aliphatic heterocycles. The molecule has 2 rings (SSSR count). The molecule has 0 fully saturated rings. The summed E-state index contributed by atoms with van der Waals surface area (Å²) >= 11 is 1.61. The third kappa shape index (κ3) is 6.11. The van der Waals surface area contributed by atoms with Crippen LogP contribution < -0.4 is 10.6 Å². The standard InChI is InChI=1S/C17H21F3N4S.HI/c1-10-12(3)25-15(23-10)9-22-16(21-4)24-11(2)13-6-5-7-14(8-13)17(18,19)20;/h5-8,11H,9H2,1-4H3,(H2,21,22,24);1H. The number of guanidine groups is 1. The minimum absolute atomic E-state index is 0. The van der Waals surface area contributed by atoms with E-state index in [1.807, 2.05) is 13.8 Å². The molecule has 9 heteroatoms. The Balaban J connectivity index is 0.00000338. The molecule has 0 aliphatic carbocycles. The van der Waals surface area contributed by atoms with Crippen molar-refractivity contribution in [1.82, 2.24) is 15.6 Å². The first-order valence-electron chi connectivity index (χ1n) is 7.78. The Morgan fingerprint density at radius 3 is 2.54 bits per heavy atom. The number of hydrogen-bond donors (Lipinski definition) is 2. The Morgan fingerprint density at radius 2 is 2.00 bits per heavy atom. The van der Waals surface area contributed by atoms with Crippen molar-refractivity contribution in [3.05, 3.63) is 51.0 Å². The van der Waals surface area contributed by atoms with E-state index >= 15 is 0 Å². The zero-order chi connectivity index (χ0) is 18.6. The number of hydrogen-bond acceptors (Lipinski definition) is 3. The topological polar surface area (TPSA) is 49.3 Å². The van der Waals surface area contributed by atoms with Gasteiger partial charge in [-0.05, 0) is 38.5 Å². The number of thiazole rings is 1. The summed E-state index contributed by atoms with van der Waals surface area (Å²) in [6.07, 6.45) is -4.35. The average molecular weight is 498 g/mol. The molecule has 1 aromatic carbocycles. The van der Waals surface area contributed by atoms with Crippen LogP contribution in [0.3, 0.4) is 0 Å². The third-order valence-corrected chi connectivity index (χ3v) is 4.84. The molecule has 1 aromatic heterocycles. The molecule has 26 heavy (non-hydrogen) atoms. The van der Waals surface area contributed by atoms with Crippen molar-refractivity contribution in [2.45, 2.75) is 39.5 Å². The first-order valence-corrected chi connectivity index (χ1v) is 8.59. The molecular weight excluding hydrogens is 476 g/mol. The Hall–Kier alpha value is -1.36. The maximum Gasteiger partial charge on any atom is 0.416 e. The Morgan fingerprint density at radius 1 is 1.31 bits per heavy atom. The van der Waals surface area contributed by atoms with Gasteiger partial charge in [0.25, 0.3) is 0 Å². The number of alkyl halides is 3. The van der Waals surface area contributed by atoms with E-state index in [9.17, 15) is 13.2 Å². The van der Waals surface area contributed by atoms with Crippen LogP contribution in [-0.2, 0) is 12.7 Å². The van der Waals surface area contributed by atoms with E-state index in [4.69, 9.17) is 0 Å². The second-order valence-corrected chi connectivity index (χ2v) is 6.95. The molecule has 1 unspecified atom stereocenters. The molecule has 2 aromatic rings. The second-order valence-electron chi connectivity index (χ2n) is 5.66. The lowest BCUT2D eigenvalue weighted by atomic mass is 10.1. The fourth-order valence-corrected chi connectivity index (χ4v) is 3.12. The molecule has 2 N–H and O–H groups in total. The first-order chi connectivity index (χ1) is 11.7. The summed E-state index contributed by atoms with van der Waals surface area (Å²) in [6, 6.07) is 4.96. The summed E-state index contributed by atoms with van der Waals surface area (Å²) in [5.41, 5.74) is 0.885. The number of nitrogens with zero attached hydrogens (tertiary/aromatic N) is 2. The fraction of sp³-hybridized carbons (Fsp3) is 0.412. The smallest absolute Gasteiger partial charge is 0.350 e. The highest BCUT2D eigenvalue weighted by molar-refractivity contribution is 14.0. The van der Waals surface area contributed by atoms with E-state index < -0.39 is 11.7 Å². The monoisotopic (exact) mass is 498 g/mol. The van der Waals surface area contributed by atoms with Gasteiger partial charge in [0, 0.05) is 11.9 Å². The number of aromatic nitrogens is 1. The van der Waals surface area contributed by atoms with E-state index in [0.29, 0.717) is 18.1 Å². The van der Waals surface area contributed by atoms with Gasteiger partial charge in [-0.2, -0.15) is 13.2 Å². The van der Waals surface area contributed by atoms with Gasteiger partial charge < -0.3 is 10.6 Å². The molecule has 0 radical (unpaired) electrons. The van der Waals surface area contributed by atoms with Crippen molar-refractivity contribution in [1.29, 1.82) is 0 Å². The number of rotatable bonds is 4. The van der Waals surface area contributed by atoms with Crippen LogP contribution in [-0.4, -0.2) is 18.0 Å². The van der Waals surface area contributed by atoms with Gasteiger partial charge in [0.1, 0.15) is 5.01 Å². The lowest BCUT2D eigenvalue weighted by Crippen LogP contribution is -2.38. The molecule has 0 saturated heterocycles. The normalized spacial score (nSPS) is 13.1. The van der Waals surface area contributed by atoms with E-state index in [2.05, 4.69) is 20.6 Å². The quantitative estimate of drug-likeness (QED) is 0.361. The van der Waals surface area contributed by atoms with Crippen molar-refractivity contribution in [2.75, 3.05) is 7.05 Å². The van der Waals surface area contributed by atoms with Gasteiger partial charge in [0.2, 0.25) is 0 Å². The van der Waals surface area contributed by atoms with Crippen LogP contribution in [0.5, 0.6) is 0 Å². The molecule has 0 aliphatic rings. The van der Waals surface area contributed by atoms with Crippen molar-refractivity contribution in [3.63, 3.8) is 0 Å². The second kappa shape index (κ2) is 9.54. The zero-order valence-electron chi connectivity index (χ0n) is 14.9. The predicted molar refractivity (Wildman–Crippen MR) is 110 cm³/mol. The molecule has 0 saturated carbocycles. The van der Waals surface area contributed by atoms with E-state index in [-0.39, 0.29) is 30.0 Å². The van der Waals surface area contributed by atoms with Gasteiger partial charge >= 0.3 is 6.18 Å². The van der Waals surface area contributed by atoms with Crippen LogP contribution in [0.25, 0.3) is 0 Å². The molecule has 0 spiro atoms. The molecule has 1 heterocycles. The van der Waals surface area contributed by atoms with Crippen molar-refractivity contribution >= 4 is 41.3 Å². The number of aryl methyl sites for hydroxylation is 2. The number of aliphatic imine (C=N–C) groups is 1. The summed E-state index contributed by atoms with van der Waals surface area (Å²) in [7, 11) is 1.62. The lowest BCUT2D eigenvalue weighted by molar-refractivity contribution is -0.137. The molecule has 4 nitrogen and oxygen atoms in total. The number of benzene rings is 1. The highest BCUT2D eigenvalue weighted by Gasteiger charge is 2.30. The molecule has 0 bridgehead atoms. The minimum atomic E-state index is -4.35. The van der Waals surface area contributed by atoms with Crippen LogP contribution >= 0.6 is 35.3 Å². The van der Waals surface area contributed by atoms with Gasteiger partial charge in [0.15, 0.2) is 5.96 Å². The van der Waals surface area contributed by atoms with E-state index in [1.165, 1.54) is 6.07 Å². The maximum atomic E-state index is 12.8. The first kappa shape index (κ1) is 22.7. The van der Waals surface area contributed by atoms with Gasteiger partial charge in [-0.1, -0.05) is 12.1 Å². The Kier molecular flexibility index (Phi) is 8.32. The Labute approximate surface area is 172 Å². The van der Waals surface area contributed by atoms with Gasteiger partial charge in [-0.15, -0.1) is 35.3 Å². The summed E-state index contributed by atoms with van der Waals surface area (Å²) in [5.74, 6) is 0.510. The van der Waals surface area contributed by atoms with Crippen LogP contribution in [0, 0.1) is 13.8 Å². The fourth-order valence-electron chi connectivity index (χ4n) is 2.24. The maximum absolute atomic E-state index is 12.8. The van der Waals surface area contributed by atoms with Crippen molar-refractivity contribution < 1.29 is 13.2 Å². The average Bonchev–Trinajstić information content (AvgIpc) is 2.88. The number of nitrogens with one attached hydrogen (secondary N) is 2. The molecule has 144 valence electrons. The van der Waals surface area contributed by atoms with Gasteiger partial charge in [-0.25, -0.2) is 4.98 Å². The van der Waals surface area contributed by atoms with Crippen LogP contribution in [0.1, 0.15) is 39.7 Å². The summed E-state index contributed by atoms with van der Waals surface area (Å²) in [4.78, 5) is 9.72. The largest absolute Gasteiger partial charge is 0.416 e. The summed E-state index contributed by atoms with van der Waals surface area (Å²) in [5, 5.41) is 7.17. The number of halogens is 4. The third-order valence-electron chi connectivity index (χ3n) is 3.77. The van der Waals surface area contributed by atoms with E-state index in [1.54, 1.807) is 31.4 Å². The van der Waals surface area contributed by atoms with Crippen molar-refractivity contribution in [3.8, 4) is 0 Å².